The van der Waals surface area contributed by atoms with Gasteiger partial charge in [-0.15, -0.1) is 0 Å². The zero-order valence-corrected chi connectivity index (χ0v) is 6.35. The van der Waals surface area contributed by atoms with E-state index in [9.17, 15) is 0 Å². The summed E-state index contributed by atoms with van der Waals surface area (Å²) in [7, 11) is 0. The van der Waals surface area contributed by atoms with E-state index in [1.165, 1.54) is 19.3 Å². The molecule has 0 aliphatic rings. The van der Waals surface area contributed by atoms with Crippen molar-refractivity contribution in [1.82, 2.24) is 0 Å². The lowest BCUT2D eigenvalue weighted by molar-refractivity contribution is 0.740. The summed E-state index contributed by atoms with van der Waals surface area (Å²) in [4.78, 5) is 0. The van der Waals surface area contributed by atoms with E-state index in [4.69, 9.17) is 5.84 Å². The van der Waals surface area contributed by atoms with E-state index < -0.39 is 0 Å². The highest BCUT2D eigenvalue weighted by Crippen LogP contribution is 1.99. The molecule has 0 fully saturated rings. The van der Waals surface area contributed by atoms with Gasteiger partial charge in [0.25, 0.3) is 0 Å². The zero-order valence-electron chi connectivity index (χ0n) is 6.35. The predicted molar refractivity (Wildman–Crippen MR) is 41.4 cm³/mol. The summed E-state index contributed by atoms with van der Waals surface area (Å²) in [5.74, 6) is 5.04. The molecule has 0 unspecified atom stereocenters. The molecular weight excluding hydrogens is 112 g/mol. The van der Waals surface area contributed by atoms with E-state index >= 15 is 0 Å². The highest BCUT2D eigenvalue weighted by Gasteiger charge is 1.88. The predicted octanol–water partition coefficient (Wildman–Crippen LogP) is 1.90. The molecule has 0 bridgehead atoms. The topological polar surface area (TPSA) is 38.4 Å². The average Bonchev–Trinajstić information content (AvgIpc) is 1.89. The van der Waals surface area contributed by atoms with Crippen molar-refractivity contribution < 1.29 is 0 Å². The Morgan fingerprint density at radius 1 is 1.44 bits per heavy atom. The van der Waals surface area contributed by atoms with Crippen molar-refractivity contribution in [3.05, 3.63) is 0 Å². The fraction of sp³-hybridized carbons (Fsp3) is 0.857. The first-order valence-corrected chi connectivity index (χ1v) is 3.54. The van der Waals surface area contributed by atoms with Gasteiger partial charge in [0, 0.05) is 5.71 Å². The van der Waals surface area contributed by atoms with Gasteiger partial charge in [0.1, 0.15) is 0 Å². The lowest BCUT2D eigenvalue weighted by atomic mass is 10.1. The fourth-order valence-corrected chi connectivity index (χ4v) is 0.695. The zero-order chi connectivity index (χ0) is 7.11. The molecule has 0 aliphatic heterocycles. The molecule has 0 atom stereocenters. The van der Waals surface area contributed by atoms with E-state index in [-0.39, 0.29) is 0 Å². The number of hydrogen-bond donors (Lipinski definition) is 1. The van der Waals surface area contributed by atoms with Crippen LogP contribution in [0.5, 0.6) is 0 Å². The number of hydrogen-bond acceptors (Lipinski definition) is 2. The van der Waals surface area contributed by atoms with Crippen LogP contribution in [0.1, 0.15) is 39.5 Å². The molecule has 0 amide bonds. The lowest BCUT2D eigenvalue weighted by Crippen LogP contribution is -1.95. The Hall–Kier alpha value is -0.530. The van der Waals surface area contributed by atoms with Gasteiger partial charge >= 0.3 is 0 Å². The Balaban J connectivity index is 3.07. The van der Waals surface area contributed by atoms with Crippen LogP contribution in [0.25, 0.3) is 0 Å². The second kappa shape index (κ2) is 5.60. The Kier molecular flexibility index (Phi) is 5.27. The minimum Gasteiger partial charge on any atom is -0.323 e. The highest BCUT2D eigenvalue weighted by atomic mass is 15.1. The molecule has 2 nitrogen and oxygen atoms in total. The Bertz CT molecular complexity index is 86.9. The maximum atomic E-state index is 5.04. The van der Waals surface area contributed by atoms with Gasteiger partial charge in [0.15, 0.2) is 0 Å². The van der Waals surface area contributed by atoms with Crippen LogP contribution < -0.4 is 5.84 Å². The standard InChI is InChI=1S/C7H16N2/c1-3-4-5-6-7(2)9-8/h3-6,8H2,1-2H3/b9-7-. The molecule has 2 N–H and O–H groups in total. The van der Waals surface area contributed by atoms with Crippen molar-refractivity contribution in [2.24, 2.45) is 10.9 Å². The molecule has 0 spiro atoms. The Morgan fingerprint density at radius 2 is 2.11 bits per heavy atom. The first-order chi connectivity index (χ1) is 4.31. The third kappa shape index (κ3) is 5.34. The molecule has 0 aromatic rings. The number of nitrogens with two attached hydrogens (primary N) is 1. The van der Waals surface area contributed by atoms with Gasteiger partial charge in [0.05, 0.1) is 0 Å². The van der Waals surface area contributed by atoms with Gasteiger partial charge in [-0.25, -0.2) is 0 Å². The van der Waals surface area contributed by atoms with Crippen molar-refractivity contribution >= 4 is 5.71 Å². The normalized spacial score (nSPS) is 12.0. The van der Waals surface area contributed by atoms with E-state index in [1.807, 2.05) is 6.92 Å². The van der Waals surface area contributed by atoms with Crippen LogP contribution in [0.15, 0.2) is 5.10 Å². The third-order valence-electron chi connectivity index (χ3n) is 1.36. The molecule has 2 heteroatoms. The van der Waals surface area contributed by atoms with Crippen molar-refractivity contribution in [2.75, 3.05) is 0 Å². The lowest BCUT2D eigenvalue weighted by Gasteiger charge is -1.95. The highest BCUT2D eigenvalue weighted by molar-refractivity contribution is 5.81. The van der Waals surface area contributed by atoms with Gasteiger partial charge in [-0.05, 0) is 19.8 Å². The Labute approximate surface area is 57.1 Å². The molecular formula is C7H16N2. The second-order valence-electron chi connectivity index (χ2n) is 2.32. The van der Waals surface area contributed by atoms with E-state index in [0.29, 0.717) is 0 Å². The molecule has 0 saturated heterocycles. The monoisotopic (exact) mass is 128 g/mol. The maximum absolute atomic E-state index is 5.04. The van der Waals surface area contributed by atoms with Crippen LogP contribution in [0.4, 0.5) is 0 Å². The van der Waals surface area contributed by atoms with E-state index in [1.54, 1.807) is 0 Å². The number of nitrogens with zero attached hydrogens (tertiary/aromatic N) is 1. The third-order valence-corrected chi connectivity index (χ3v) is 1.36. The first kappa shape index (κ1) is 8.47. The van der Waals surface area contributed by atoms with E-state index in [0.717, 1.165) is 12.1 Å². The summed E-state index contributed by atoms with van der Waals surface area (Å²) < 4.78 is 0. The minimum absolute atomic E-state index is 1.06. The van der Waals surface area contributed by atoms with Crippen molar-refractivity contribution in [3.8, 4) is 0 Å². The van der Waals surface area contributed by atoms with Crippen LogP contribution >= 0.6 is 0 Å². The van der Waals surface area contributed by atoms with Crippen molar-refractivity contribution in [3.63, 3.8) is 0 Å². The van der Waals surface area contributed by atoms with Gasteiger partial charge < -0.3 is 5.84 Å². The first-order valence-electron chi connectivity index (χ1n) is 3.54. The molecule has 0 aromatic heterocycles. The largest absolute Gasteiger partial charge is 0.323 e. The maximum Gasteiger partial charge on any atom is 0.0345 e. The fourth-order valence-electron chi connectivity index (χ4n) is 0.695. The average molecular weight is 128 g/mol. The molecule has 0 saturated carbocycles. The van der Waals surface area contributed by atoms with Gasteiger partial charge in [-0.2, -0.15) is 5.10 Å². The quantitative estimate of drug-likeness (QED) is 0.267. The summed E-state index contributed by atoms with van der Waals surface area (Å²) in [6, 6.07) is 0. The summed E-state index contributed by atoms with van der Waals surface area (Å²) in [6.07, 6.45) is 4.83. The van der Waals surface area contributed by atoms with Crippen LogP contribution in [-0.2, 0) is 0 Å². The van der Waals surface area contributed by atoms with Crippen LogP contribution in [0.3, 0.4) is 0 Å². The molecule has 0 heterocycles. The summed E-state index contributed by atoms with van der Waals surface area (Å²) in [5.41, 5.74) is 1.06. The molecule has 9 heavy (non-hydrogen) atoms. The second-order valence-corrected chi connectivity index (χ2v) is 2.32. The number of unbranched alkanes of at least 4 members (excludes halogenated alkanes) is 2. The minimum atomic E-state index is 1.06. The molecule has 0 rings (SSSR count). The van der Waals surface area contributed by atoms with Crippen LogP contribution in [0, 0.1) is 0 Å². The van der Waals surface area contributed by atoms with Crippen LogP contribution in [0.2, 0.25) is 0 Å². The summed E-state index contributed by atoms with van der Waals surface area (Å²) in [5, 5.41) is 3.58. The number of rotatable bonds is 4. The molecule has 54 valence electrons. The van der Waals surface area contributed by atoms with Crippen molar-refractivity contribution in [2.45, 2.75) is 39.5 Å². The van der Waals surface area contributed by atoms with Crippen molar-refractivity contribution in [1.29, 1.82) is 0 Å². The molecule has 0 radical (unpaired) electrons. The molecule has 0 aromatic carbocycles. The van der Waals surface area contributed by atoms with Gasteiger partial charge in [-0.1, -0.05) is 19.8 Å². The Morgan fingerprint density at radius 3 is 2.56 bits per heavy atom. The molecule has 0 aliphatic carbocycles. The summed E-state index contributed by atoms with van der Waals surface area (Å²) >= 11 is 0. The SMILES string of the molecule is CCCCC/C(C)=N\N. The van der Waals surface area contributed by atoms with Gasteiger partial charge in [0.2, 0.25) is 0 Å². The smallest absolute Gasteiger partial charge is 0.0345 e. The summed E-state index contributed by atoms with van der Waals surface area (Å²) in [6.45, 7) is 4.16. The van der Waals surface area contributed by atoms with E-state index in [2.05, 4.69) is 12.0 Å². The van der Waals surface area contributed by atoms with Crippen LogP contribution in [-0.4, -0.2) is 5.71 Å². The number of hydrazone groups is 1. The van der Waals surface area contributed by atoms with Gasteiger partial charge in [-0.3, -0.25) is 0 Å².